The molecule has 5 nitrogen and oxygen atoms in total. The number of amides is 1. The van der Waals surface area contributed by atoms with Gasteiger partial charge in [0.1, 0.15) is 11.9 Å². The third-order valence-electron chi connectivity index (χ3n) is 8.28. The monoisotopic (exact) mass is 729 g/mol. The molecule has 4 aromatic carbocycles. The Hall–Kier alpha value is -4.72. The van der Waals surface area contributed by atoms with E-state index >= 15 is 0 Å². The standard InChI is InChI=1S/C35H25ClF9NO4/c1-17-31(21-10-24(34(40,41)42)15-25(11-21)35(43,44)45)50-32(48)46(17)16-22-12-23(33(37,38)39)6-8-26(22)28-13-20(5-9-30(28)49-3)27-7-4-19(18(2)47)14-29(27)36/h4-15,17,31H,16H2,1-3H3/t17-,31-/m0/s1. The molecule has 1 fully saturated rings. The summed E-state index contributed by atoms with van der Waals surface area (Å²) in [6, 6.07) is 11.7. The quantitative estimate of drug-likeness (QED) is 0.140. The maximum Gasteiger partial charge on any atom is 0.416 e. The summed E-state index contributed by atoms with van der Waals surface area (Å²) in [5.74, 6) is -0.0150. The van der Waals surface area contributed by atoms with Crippen LogP contribution in [0.15, 0.2) is 72.8 Å². The molecule has 4 aromatic rings. The number of halogens is 10. The Bertz CT molecular complexity index is 1940. The number of methoxy groups -OCH3 is 1. The normalized spacial score (nSPS) is 16.8. The topological polar surface area (TPSA) is 55.8 Å². The van der Waals surface area contributed by atoms with Crippen molar-refractivity contribution in [1.82, 2.24) is 4.90 Å². The second-order valence-corrected chi connectivity index (χ2v) is 12.0. The van der Waals surface area contributed by atoms with Gasteiger partial charge in [-0.05, 0) is 84.6 Å². The van der Waals surface area contributed by atoms with Crippen LogP contribution in [0, 0.1) is 0 Å². The van der Waals surface area contributed by atoms with Gasteiger partial charge in [0.05, 0.1) is 36.4 Å². The van der Waals surface area contributed by atoms with Gasteiger partial charge in [-0.25, -0.2) is 4.79 Å². The van der Waals surface area contributed by atoms with Crippen molar-refractivity contribution >= 4 is 23.5 Å². The molecule has 15 heteroatoms. The van der Waals surface area contributed by atoms with Gasteiger partial charge < -0.3 is 9.47 Å². The van der Waals surface area contributed by atoms with Gasteiger partial charge in [0, 0.05) is 21.7 Å². The highest BCUT2D eigenvalue weighted by Gasteiger charge is 2.44. The van der Waals surface area contributed by atoms with Crippen molar-refractivity contribution in [3.8, 4) is 28.0 Å². The average Bonchev–Trinajstić information content (AvgIpc) is 3.31. The summed E-state index contributed by atoms with van der Waals surface area (Å²) < 4.78 is 134. The van der Waals surface area contributed by atoms with E-state index in [2.05, 4.69) is 0 Å². The molecule has 2 atom stereocenters. The molecule has 0 radical (unpaired) electrons. The summed E-state index contributed by atoms with van der Waals surface area (Å²) in [6.07, 6.45) is -18.0. The van der Waals surface area contributed by atoms with Crippen LogP contribution in [0.3, 0.4) is 0 Å². The van der Waals surface area contributed by atoms with Crippen LogP contribution in [-0.4, -0.2) is 29.9 Å². The van der Waals surface area contributed by atoms with Gasteiger partial charge in [0.25, 0.3) is 0 Å². The van der Waals surface area contributed by atoms with Gasteiger partial charge >= 0.3 is 24.6 Å². The fourth-order valence-corrected chi connectivity index (χ4v) is 5.99. The number of cyclic esters (lactones) is 1. The molecule has 1 aliphatic rings. The van der Waals surface area contributed by atoms with Crippen LogP contribution in [0.1, 0.15) is 58.1 Å². The average molecular weight is 730 g/mol. The van der Waals surface area contributed by atoms with Crippen molar-refractivity contribution in [3.05, 3.63) is 111 Å². The lowest BCUT2D eigenvalue weighted by atomic mass is 9.92. The number of carbonyl (C=O) groups excluding carboxylic acids is 2. The smallest absolute Gasteiger partial charge is 0.416 e. The number of carbonyl (C=O) groups is 2. The van der Waals surface area contributed by atoms with E-state index in [9.17, 15) is 49.1 Å². The summed E-state index contributed by atoms with van der Waals surface area (Å²) in [5, 5.41) is 0.212. The van der Waals surface area contributed by atoms with Crippen molar-refractivity contribution in [2.24, 2.45) is 0 Å². The first-order valence-electron chi connectivity index (χ1n) is 14.6. The molecule has 5 rings (SSSR count). The zero-order valence-electron chi connectivity index (χ0n) is 26.1. The summed E-state index contributed by atoms with van der Waals surface area (Å²) in [7, 11) is 1.33. The third-order valence-corrected chi connectivity index (χ3v) is 8.59. The molecule has 0 aliphatic carbocycles. The second kappa shape index (κ2) is 13.2. The van der Waals surface area contributed by atoms with Gasteiger partial charge in [0.15, 0.2) is 5.78 Å². The first-order valence-corrected chi connectivity index (χ1v) is 15.0. The number of hydrogen-bond acceptors (Lipinski definition) is 4. The molecular weight excluding hydrogens is 705 g/mol. The molecule has 1 aliphatic heterocycles. The van der Waals surface area contributed by atoms with Crippen LogP contribution in [0.2, 0.25) is 5.02 Å². The predicted octanol–water partition coefficient (Wildman–Crippen LogP) is 11.0. The van der Waals surface area contributed by atoms with Crippen LogP contribution in [0.5, 0.6) is 5.75 Å². The van der Waals surface area contributed by atoms with Gasteiger partial charge in [-0.1, -0.05) is 35.9 Å². The number of rotatable bonds is 7. The molecule has 264 valence electrons. The number of hydrogen-bond donors (Lipinski definition) is 0. The van der Waals surface area contributed by atoms with E-state index in [0.717, 1.165) is 23.1 Å². The van der Waals surface area contributed by atoms with Crippen LogP contribution < -0.4 is 4.74 Å². The van der Waals surface area contributed by atoms with Crippen molar-refractivity contribution < 1.29 is 58.6 Å². The Morgan fingerprint density at radius 2 is 1.38 bits per heavy atom. The second-order valence-electron chi connectivity index (χ2n) is 11.5. The van der Waals surface area contributed by atoms with E-state index in [-0.39, 0.29) is 39.3 Å². The first-order chi connectivity index (χ1) is 23.2. The summed E-state index contributed by atoms with van der Waals surface area (Å²) >= 11 is 6.47. The fraction of sp³-hybridized carbons (Fsp3) is 0.257. The Kier molecular flexibility index (Phi) is 9.65. The molecule has 0 spiro atoms. The van der Waals surface area contributed by atoms with Gasteiger partial charge in [-0.2, -0.15) is 39.5 Å². The molecule has 1 heterocycles. The Balaban J connectivity index is 1.59. The Labute approximate surface area is 284 Å². The minimum atomic E-state index is -5.16. The van der Waals surface area contributed by atoms with Crippen LogP contribution >= 0.6 is 11.6 Å². The number of ether oxygens (including phenoxy) is 2. The molecule has 1 amide bonds. The van der Waals surface area contributed by atoms with Crippen LogP contribution in [-0.2, 0) is 29.8 Å². The van der Waals surface area contributed by atoms with Crippen LogP contribution in [0.4, 0.5) is 44.3 Å². The number of Topliss-reactive ketones (excluding diaryl/α,β-unsaturated/α-hetero) is 1. The van der Waals surface area contributed by atoms with E-state index < -0.39 is 65.6 Å². The predicted molar refractivity (Wildman–Crippen MR) is 165 cm³/mol. The number of ketones is 1. The van der Waals surface area contributed by atoms with Gasteiger partial charge in [-0.3, -0.25) is 9.69 Å². The minimum Gasteiger partial charge on any atom is -0.496 e. The number of nitrogens with zero attached hydrogens (tertiary/aromatic N) is 1. The van der Waals surface area contributed by atoms with E-state index in [1.54, 1.807) is 24.3 Å². The molecule has 50 heavy (non-hydrogen) atoms. The van der Waals surface area contributed by atoms with E-state index in [0.29, 0.717) is 28.8 Å². The lowest BCUT2D eigenvalue weighted by Gasteiger charge is -2.24. The molecule has 0 bridgehead atoms. The van der Waals surface area contributed by atoms with Gasteiger partial charge in [-0.15, -0.1) is 0 Å². The van der Waals surface area contributed by atoms with E-state index in [1.165, 1.54) is 33.1 Å². The van der Waals surface area contributed by atoms with Gasteiger partial charge in [0.2, 0.25) is 0 Å². The highest BCUT2D eigenvalue weighted by atomic mass is 35.5. The first kappa shape index (κ1) is 36.6. The lowest BCUT2D eigenvalue weighted by Crippen LogP contribution is -2.32. The zero-order valence-corrected chi connectivity index (χ0v) is 26.9. The largest absolute Gasteiger partial charge is 0.496 e. The summed E-state index contributed by atoms with van der Waals surface area (Å²) in [5.41, 5.74) is -3.25. The van der Waals surface area contributed by atoms with Crippen molar-refractivity contribution in [2.75, 3.05) is 7.11 Å². The summed E-state index contributed by atoms with van der Waals surface area (Å²) in [4.78, 5) is 25.9. The minimum absolute atomic E-state index is 0.0655. The number of benzene rings is 4. The summed E-state index contributed by atoms with van der Waals surface area (Å²) in [6.45, 7) is 2.08. The molecule has 0 unspecified atom stereocenters. The van der Waals surface area contributed by atoms with Crippen LogP contribution in [0.25, 0.3) is 22.3 Å². The molecule has 0 saturated carbocycles. The highest BCUT2D eigenvalue weighted by molar-refractivity contribution is 6.33. The maximum absolute atomic E-state index is 13.9. The third kappa shape index (κ3) is 7.40. The SMILES string of the molecule is COc1ccc(-c2ccc(C(C)=O)cc2Cl)cc1-c1ccc(C(F)(F)F)cc1CN1C(=O)O[C@H](c2cc(C(F)(F)F)cc(C(F)(F)F)c2)[C@@H]1C. The number of alkyl halides is 9. The fourth-order valence-electron chi connectivity index (χ4n) is 5.70. The Morgan fingerprint density at radius 1 is 0.780 bits per heavy atom. The molecule has 1 saturated heterocycles. The molecule has 0 N–H and O–H groups in total. The lowest BCUT2D eigenvalue weighted by molar-refractivity contribution is -0.143. The zero-order chi connectivity index (χ0) is 36.9. The molecule has 0 aromatic heterocycles. The highest BCUT2D eigenvalue weighted by Crippen LogP contribution is 2.44. The van der Waals surface area contributed by atoms with Crippen molar-refractivity contribution in [1.29, 1.82) is 0 Å². The van der Waals surface area contributed by atoms with E-state index in [1.807, 2.05) is 0 Å². The Morgan fingerprint density at radius 3 is 1.92 bits per heavy atom. The maximum atomic E-state index is 13.9. The van der Waals surface area contributed by atoms with Crippen molar-refractivity contribution in [2.45, 2.75) is 51.1 Å². The van der Waals surface area contributed by atoms with E-state index in [4.69, 9.17) is 21.1 Å². The molecular formula is C35H25ClF9NO4. The van der Waals surface area contributed by atoms with Crippen molar-refractivity contribution in [3.63, 3.8) is 0 Å².